The normalized spacial score (nSPS) is 14.4. The van der Waals surface area contributed by atoms with Crippen molar-refractivity contribution >= 4 is 16.1 Å². The molecule has 15 heavy (non-hydrogen) atoms. The fourth-order valence-corrected chi connectivity index (χ4v) is 1.92. The molecular weight excluding hydrogens is 222 g/mol. The molecule has 0 saturated carbocycles. The highest BCUT2D eigenvalue weighted by Crippen LogP contribution is 2.10. The van der Waals surface area contributed by atoms with E-state index in [4.69, 9.17) is 0 Å². The van der Waals surface area contributed by atoms with Crippen molar-refractivity contribution in [2.24, 2.45) is 0 Å². The monoisotopic (exact) mass is 237 g/mol. The highest BCUT2D eigenvalue weighted by molar-refractivity contribution is 7.86. The fraction of sp³-hybridized carbons (Fsp3) is 0.625. The number of hydrogen-bond donors (Lipinski definition) is 0. The SMILES string of the molecule is C=CC(=O)OCC([N+](C)(C)C)S(=O)(=O)[O-]. The van der Waals surface area contributed by atoms with Crippen molar-refractivity contribution in [3.63, 3.8) is 0 Å². The van der Waals surface area contributed by atoms with Crippen LogP contribution in [0.4, 0.5) is 0 Å². The molecule has 88 valence electrons. The minimum atomic E-state index is -4.52. The second-order valence-corrected chi connectivity index (χ2v) is 5.43. The Morgan fingerprint density at radius 3 is 2.27 bits per heavy atom. The summed E-state index contributed by atoms with van der Waals surface area (Å²) >= 11 is 0. The fourth-order valence-electron chi connectivity index (χ4n) is 0.907. The van der Waals surface area contributed by atoms with Gasteiger partial charge in [-0.3, -0.25) is 0 Å². The van der Waals surface area contributed by atoms with Crippen LogP contribution in [0.2, 0.25) is 0 Å². The molecule has 7 heteroatoms. The molecule has 0 bridgehead atoms. The number of esters is 1. The number of nitrogens with zero attached hydrogens (tertiary/aromatic N) is 1. The molecule has 0 aromatic carbocycles. The van der Waals surface area contributed by atoms with Crippen molar-refractivity contribution in [3.05, 3.63) is 12.7 Å². The summed E-state index contributed by atoms with van der Waals surface area (Å²) in [6.07, 6.45) is 0.907. The number of quaternary nitrogens is 1. The van der Waals surface area contributed by atoms with Crippen LogP contribution in [-0.4, -0.2) is 56.5 Å². The van der Waals surface area contributed by atoms with Crippen molar-refractivity contribution in [2.45, 2.75) is 5.37 Å². The minimum Gasteiger partial charge on any atom is -0.743 e. The van der Waals surface area contributed by atoms with Crippen LogP contribution in [0.3, 0.4) is 0 Å². The Balaban J connectivity index is 4.71. The number of ether oxygens (including phenoxy) is 1. The molecule has 0 aliphatic carbocycles. The lowest BCUT2D eigenvalue weighted by molar-refractivity contribution is -0.882. The second kappa shape index (κ2) is 4.73. The Morgan fingerprint density at radius 1 is 1.53 bits per heavy atom. The van der Waals surface area contributed by atoms with E-state index in [9.17, 15) is 17.8 Å². The summed E-state index contributed by atoms with van der Waals surface area (Å²) in [5, 5.41) is -1.32. The van der Waals surface area contributed by atoms with Crippen molar-refractivity contribution in [3.8, 4) is 0 Å². The van der Waals surface area contributed by atoms with Crippen molar-refractivity contribution in [2.75, 3.05) is 27.7 Å². The minimum absolute atomic E-state index is 0.129. The molecule has 0 spiro atoms. The average Bonchev–Trinajstić information content (AvgIpc) is 1.99. The third-order valence-electron chi connectivity index (χ3n) is 1.73. The van der Waals surface area contributed by atoms with E-state index >= 15 is 0 Å². The largest absolute Gasteiger partial charge is 0.743 e. The number of likely N-dealkylation sites (N-methyl/N-ethyl adjacent to an activating group) is 1. The second-order valence-electron chi connectivity index (χ2n) is 3.90. The lowest BCUT2D eigenvalue weighted by Crippen LogP contribution is -2.52. The third kappa shape index (κ3) is 4.91. The van der Waals surface area contributed by atoms with Crippen LogP contribution in [0.15, 0.2) is 12.7 Å². The molecule has 0 radical (unpaired) electrons. The van der Waals surface area contributed by atoms with E-state index in [-0.39, 0.29) is 4.48 Å². The predicted octanol–water partition coefficient (Wildman–Crippen LogP) is -0.707. The summed E-state index contributed by atoms with van der Waals surface area (Å²) in [5.74, 6) is -0.753. The molecule has 0 rings (SSSR count). The van der Waals surface area contributed by atoms with Gasteiger partial charge in [0.1, 0.15) is 0 Å². The molecule has 0 amide bonds. The maximum Gasteiger partial charge on any atom is 0.330 e. The van der Waals surface area contributed by atoms with Gasteiger partial charge in [-0.25, -0.2) is 13.2 Å². The first kappa shape index (κ1) is 14.1. The zero-order valence-corrected chi connectivity index (χ0v) is 9.78. The van der Waals surface area contributed by atoms with Crippen LogP contribution in [0.1, 0.15) is 0 Å². The lowest BCUT2D eigenvalue weighted by Gasteiger charge is -2.34. The zero-order valence-electron chi connectivity index (χ0n) is 8.97. The molecule has 0 N–H and O–H groups in total. The maximum atomic E-state index is 10.9. The molecule has 0 aliphatic rings. The molecule has 1 unspecified atom stereocenters. The molecule has 0 fully saturated rings. The summed E-state index contributed by atoms with van der Waals surface area (Å²) in [6.45, 7) is 2.68. The standard InChI is InChI=1S/C8H15NO5S/c1-5-8(10)14-6-7(9(2,3)4)15(11,12)13/h5,7H,1,6H2,2-4H3. The van der Waals surface area contributed by atoms with Crippen molar-refractivity contribution in [1.82, 2.24) is 0 Å². The quantitative estimate of drug-likeness (QED) is 0.273. The predicted molar refractivity (Wildman–Crippen MR) is 52.7 cm³/mol. The van der Waals surface area contributed by atoms with Gasteiger partial charge in [-0.05, 0) is 0 Å². The van der Waals surface area contributed by atoms with E-state index in [0.29, 0.717) is 0 Å². The third-order valence-corrected chi connectivity index (χ3v) is 3.17. The summed E-state index contributed by atoms with van der Waals surface area (Å²) in [4.78, 5) is 10.7. The molecule has 1 atom stereocenters. The van der Waals surface area contributed by atoms with Gasteiger partial charge in [0.15, 0.2) is 16.7 Å². The smallest absolute Gasteiger partial charge is 0.330 e. The van der Waals surface area contributed by atoms with Crippen LogP contribution < -0.4 is 0 Å². The summed E-state index contributed by atoms with van der Waals surface area (Å²) < 4.78 is 37.1. The van der Waals surface area contributed by atoms with Gasteiger partial charge in [0.25, 0.3) is 0 Å². The number of rotatable bonds is 5. The van der Waals surface area contributed by atoms with Crippen LogP contribution in [0, 0.1) is 0 Å². The van der Waals surface area contributed by atoms with Gasteiger partial charge in [-0.15, -0.1) is 0 Å². The van der Waals surface area contributed by atoms with E-state index in [1.165, 1.54) is 21.1 Å². The molecule has 0 heterocycles. The average molecular weight is 237 g/mol. The van der Waals surface area contributed by atoms with Gasteiger partial charge in [-0.1, -0.05) is 6.58 Å². The first-order valence-corrected chi connectivity index (χ1v) is 5.61. The van der Waals surface area contributed by atoms with E-state index in [0.717, 1.165) is 6.08 Å². The first-order chi connectivity index (χ1) is 6.59. The van der Waals surface area contributed by atoms with Gasteiger partial charge in [0.2, 0.25) is 5.37 Å². The van der Waals surface area contributed by atoms with E-state index in [2.05, 4.69) is 11.3 Å². The van der Waals surface area contributed by atoms with Gasteiger partial charge in [-0.2, -0.15) is 0 Å². The number of hydrogen-bond acceptors (Lipinski definition) is 5. The summed E-state index contributed by atoms with van der Waals surface area (Å²) in [6, 6.07) is 0. The van der Waals surface area contributed by atoms with E-state index in [1.807, 2.05) is 0 Å². The Morgan fingerprint density at radius 2 is 2.00 bits per heavy atom. The first-order valence-electron chi connectivity index (χ1n) is 4.14. The molecule has 0 aliphatic heterocycles. The van der Waals surface area contributed by atoms with Gasteiger partial charge in [0, 0.05) is 6.08 Å². The van der Waals surface area contributed by atoms with Gasteiger partial charge in [0.05, 0.1) is 21.1 Å². The van der Waals surface area contributed by atoms with Crippen LogP contribution >= 0.6 is 0 Å². The highest BCUT2D eigenvalue weighted by Gasteiger charge is 2.31. The Bertz CT molecular complexity index is 341. The summed E-state index contributed by atoms with van der Waals surface area (Å²) in [5.41, 5.74) is 0. The Hall–Kier alpha value is -0.920. The van der Waals surface area contributed by atoms with Crippen LogP contribution in [0.5, 0.6) is 0 Å². The van der Waals surface area contributed by atoms with Crippen LogP contribution in [0.25, 0.3) is 0 Å². The van der Waals surface area contributed by atoms with E-state index in [1.54, 1.807) is 0 Å². The van der Waals surface area contributed by atoms with E-state index < -0.39 is 28.1 Å². The molecule has 0 aromatic heterocycles. The Kier molecular flexibility index (Phi) is 4.44. The van der Waals surface area contributed by atoms with Crippen LogP contribution in [-0.2, 0) is 19.6 Å². The molecule has 0 aromatic rings. The maximum absolute atomic E-state index is 10.9. The van der Waals surface area contributed by atoms with Gasteiger partial charge >= 0.3 is 5.97 Å². The van der Waals surface area contributed by atoms with Crippen molar-refractivity contribution < 1.29 is 27.0 Å². The highest BCUT2D eigenvalue weighted by atomic mass is 32.2. The molecule has 6 nitrogen and oxygen atoms in total. The number of carbonyl (C=O) groups is 1. The topological polar surface area (TPSA) is 83.5 Å². The Labute approximate surface area is 89.5 Å². The van der Waals surface area contributed by atoms with Crippen molar-refractivity contribution in [1.29, 1.82) is 0 Å². The summed E-state index contributed by atoms with van der Waals surface area (Å²) in [7, 11) is 0.0731. The molecular formula is C8H15NO5S. The lowest BCUT2D eigenvalue weighted by atomic mass is 10.5. The molecule has 0 saturated heterocycles. The zero-order chi connectivity index (χ0) is 12.3. The number of carbonyl (C=O) groups excluding carboxylic acids is 1. The van der Waals surface area contributed by atoms with Gasteiger partial charge < -0.3 is 13.8 Å².